The molecule has 8 heteroatoms. The lowest BCUT2D eigenvalue weighted by molar-refractivity contribution is 0.271. The van der Waals surface area contributed by atoms with E-state index in [0.717, 1.165) is 30.7 Å². The Hall–Kier alpha value is -2.19. The molecule has 0 aliphatic heterocycles. The summed E-state index contributed by atoms with van der Waals surface area (Å²) < 4.78 is 34.7. The van der Waals surface area contributed by atoms with E-state index in [2.05, 4.69) is 11.9 Å². The molecule has 29 heavy (non-hydrogen) atoms. The number of aromatic nitrogens is 2. The number of aryl methyl sites for hydroxylation is 1. The maximum Gasteiger partial charge on any atom is 0.295 e. The first-order valence-electron chi connectivity index (χ1n) is 9.35. The molecule has 154 valence electrons. The summed E-state index contributed by atoms with van der Waals surface area (Å²) in [4.78, 5) is 4.27. The molecule has 0 unspecified atom stereocenters. The van der Waals surface area contributed by atoms with Crippen LogP contribution in [0.25, 0.3) is 11.1 Å². The number of hydrogen-bond acceptors (Lipinski definition) is 4. The number of nitrogens with zero attached hydrogens (tertiary/aromatic N) is 2. The van der Waals surface area contributed by atoms with Gasteiger partial charge in [0.05, 0.1) is 12.3 Å². The van der Waals surface area contributed by atoms with Crippen molar-refractivity contribution in [3.05, 3.63) is 70.8 Å². The van der Waals surface area contributed by atoms with Gasteiger partial charge in [-0.2, -0.15) is 8.42 Å². The highest BCUT2D eigenvalue weighted by Crippen LogP contribution is 2.28. The van der Waals surface area contributed by atoms with Crippen LogP contribution in [-0.4, -0.2) is 27.6 Å². The van der Waals surface area contributed by atoms with Gasteiger partial charge >= 0.3 is 0 Å². The van der Waals surface area contributed by atoms with Crippen molar-refractivity contribution in [2.24, 2.45) is 0 Å². The molecule has 0 amide bonds. The third kappa shape index (κ3) is 4.87. The number of benzene rings is 2. The minimum absolute atomic E-state index is 0.126. The Bertz CT molecular complexity index is 1090. The van der Waals surface area contributed by atoms with Crippen LogP contribution in [0.1, 0.15) is 36.8 Å². The molecule has 0 radical (unpaired) electrons. The summed E-state index contributed by atoms with van der Waals surface area (Å²) in [7, 11) is -4.32. The number of hydrogen-bond donors (Lipinski definition) is 2. The number of imidazole rings is 1. The SMILES string of the molecule is CCCCc1nc(Cl)c(CO)n1Cc1ccc(-c2ccccc2S(=O)(=O)O)cc1. The number of unbranched alkanes of at least 4 members (excludes halogenated alkanes) is 1. The number of aliphatic hydroxyl groups excluding tert-OH is 1. The molecule has 0 bridgehead atoms. The van der Waals surface area contributed by atoms with Gasteiger partial charge in [0, 0.05) is 18.5 Å². The van der Waals surface area contributed by atoms with Gasteiger partial charge in [0.25, 0.3) is 10.1 Å². The van der Waals surface area contributed by atoms with Gasteiger partial charge in [-0.15, -0.1) is 0 Å². The Morgan fingerprint density at radius 3 is 2.41 bits per heavy atom. The first kappa shape index (κ1) is 21.5. The molecule has 0 saturated carbocycles. The second-order valence-electron chi connectivity index (χ2n) is 6.78. The first-order chi connectivity index (χ1) is 13.8. The Morgan fingerprint density at radius 2 is 1.79 bits per heavy atom. The van der Waals surface area contributed by atoms with Crippen LogP contribution in [0, 0.1) is 0 Å². The summed E-state index contributed by atoms with van der Waals surface area (Å²) in [5.41, 5.74) is 2.66. The summed E-state index contributed by atoms with van der Waals surface area (Å²) in [6.07, 6.45) is 2.78. The van der Waals surface area contributed by atoms with Crippen LogP contribution >= 0.6 is 11.6 Å². The van der Waals surface area contributed by atoms with Crippen molar-refractivity contribution < 1.29 is 18.1 Å². The van der Waals surface area contributed by atoms with E-state index in [1.807, 2.05) is 28.8 Å². The molecule has 0 aliphatic rings. The van der Waals surface area contributed by atoms with Crippen LogP contribution in [0.15, 0.2) is 53.4 Å². The highest BCUT2D eigenvalue weighted by atomic mass is 35.5. The fourth-order valence-electron chi connectivity index (χ4n) is 3.27. The summed E-state index contributed by atoms with van der Waals surface area (Å²) in [6, 6.07) is 13.7. The van der Waals surface area contributed by atoms with E-state index in [1.54, 1.807) is 18.2 Å². The Balaban J connectivity index is 1.92. The molecule has 2 N–H and O–H groups in total. The van der Waals surface area contributed by atoms with Gasteiger partial charge in [0.1, 0.15) is 10.7 Å². The largest absolute Gasteiger partial charge is 0.390 e. The summed E-state index contributed by atoms with van der Waals surface area (Å²) in [6.45, 7) is 2.40. The van der Waals surface area contributed by atoms with Gasteiger partial charge < -0.3 is 9.67 Å². The maximum absolute atomic E-state index is 11.6. The number of rotatable bonds is 8. The average molecular weight is 435 g/mol. The predicted octanol–water partition coefficient (Wildman–Crippen LogP) is 4.33. The van der Waals surface area contributed by atoms with E-state index in [-0.39, 0.29) is 11.5 Å². The Kier molecular flexibility index (Phi) is 6.74. The van der Waals surface area contributed by atoms with E-state index in [1.165, 1.54) is 6.07 Å². The first-order valence-corrected chi connectivity index (χ1v) is 11.2. The van der Waals surface area contributed by atoms with Crippen LogP contribution in [-0.2, 0) is 29.7 Å². The molecule has 0 spiro atoms. The van der Waals surface area contributed by atoms with E-state index in [0.29, 0.717) is 28.5 Å². The lowest BCUT2D eigenvalue weighted by Crippen LogP contribution is -2.09. The van der Waals surface area contributed by atoms with Crippen molar-refractivity contribution in [1.29, 1.82) is 0 Å². The second kappa shape index (κ2) is 9.09. The van der Waals surface area contributed by atoms with Crippen molar-refractivity contribution in [2.45, 2.75) is 44.2 Å². The second-order valence-corrected chi connectivity index (χ2v) is 8.53. The zero-order valence-electron chi connectivity index (χ0n) is 16.0. The topological polar surface area (TPSA) is 92.4 Å². The summed E-state index contributed by atoms with van der Waals surface area (Å²) in [5.74, 6) is 0.835. The average Bonchev–Trinajstić information content (AvgIpc) is 3.00. The van der Waals surface area contributed by atoms with Gasteiger partial charge in [-0.05, 0) is 23.6 Å². The van der Waals surface area contributed by atoms with E-state index >= 15 is 0 Å². The maximum atomic E-state index is 11.6. The van der Waals surface area contributed by atoms with Crippen LogP contribution in [0.4, 0.5) is 0 Å². The molecular weight excluding hydrogens is 412 g/mol. The Labute approximate surface area is 175 Å². The van der Waals surface area contributed by atoms with Gasteiger partial charge in [-0.3, -0.25) is 4.55 Å². The molecule has 3 rings (SSSR count). The third-order valence-electron chi connectivity index (χ3n) is 4.78. The summed E-state index contributed by atoms with van der Waals surface area (Å²) >= 11 is 6.19. The molecule has 0 aliphatic carbocycles. The van der Waals surface area contributed by atoms with E-state index in [4.69, 9.17) is 11.6 Å². The minimum Gasteiger partial charge on any atom is -0.390 e. The molecule has 1 aromatic heterocycles. The highest BCUT2D eigenvalue weighted by molar-refractivity contribution is 7.86. The molecule has 0 fully saturated rings. The minimum atomic E-state index is -4.32. The number of aliphatic hydroxyl groups is 1. The zero-order chi connectivity index (χ0) is 21.0. The lowest BCUT2D eigenvalue weighted by atomic mass is 10.0. The van der Waals surface area contributed by atoms with Crippen molar-refractivity contribution in [2.75, 3.05) is 0 Å². The molecule has 0 saturated heterocycles. The van der Waals surface area contributed by atoms with Crippen molar-refractivity contribution in [3.63, 3.8) is 0 Å². The number of halogens is 1. The standard InChI is InChI=1S/C21H23ClN2O4S/c1-2-3-8-20-23-21(22)18(14-25)24(20)13-15-9-11-16(12-10-15)17-6-4-5-7-19(17)29(26,27)28/h4-7,9-12,25H,2-3,8,13-14H2,1H3,(H,26,27,28). The van der Waals surface area contributed by atoms with Crippen molar-refractivity contribution in [3.8, 4) is 11.1 Å². The zero-order valence-corrected chi connectivity index (χ0v) is 17.6. The molecule has 0 atom stereocenters. The van der Waals surface area contributed by atoms with Gasteiger partial charge in [0.2, 0.25) is 0 Å². The Morgan fingerprint density at radius 1 is 1.10 bits per heavy atom. The molecule has 6 nitrogen and oxygen atoms in total. The summed E-state index contributed by atoms with van der Waals surface area (Å²) in [5, 5.41) is 10.0. The third-order valence-corrected chi connectivity index (χ3v) is 5.99. The molecular formula is C21H23ClN2O4S. The normalized spacial score (nSPS) is 11.7. The predicted molar refractivity (Wildman–Crippen MR) is 113 cm³/mol. The monoisotopic (exact) mass is 434 g/mol. The fourth-order valence-corrected chi connectivity index (χ4v) is 4.24. The van der Waals surface area contributed by atoms with Gasteiger partial charge in [0.15, 0.2) is 5.15 Å². The van der Waals surface area contributed by atoms with E-state index in [9.17, 15) is 18.1 Å². The van der Waals surface area contributed by atoms with Crippen LogP contribution in [0.2, 0.25) is 5.15 Å². The van der Waals surface area contributed by atoms with Crippen molar-refractivity contribution >= 4 is 21.7 Å². The molecule has 1 heterocycles. The van der Waals surface area contributed by atoms with Crippen LogP contribution in [0.3, 0.4) is 0 Å². The van der Waals surface area contributed by atoms with Crippen LogP contribution in [0.5, 0.6) is 0 Å². The smallest absolute Gasteiger partial charge is 0.295 e. The quantitative estimate of drug-likeness (QED) is 0.514. The highest BCUT2D eigenvalue weighted by Gasteiger charge is 2.17. The van der Waals surface area contributed by atoms with Crippen molar-refractivity contribution in [1.82, 2.24) is 9.55 Å². The molecule has 2 aromatic carbocycles. The van der Waals surface area contributed by atoms with Crippen LogP contribution < -0.4 is 0 Å². The van der Waals surface area contributed by atoms with Gasteiger partial charge in [-0.25, -0.2) is 4.98 Å². The lowest BCUT2D eigenvalue weighted by Gasteiger charge is -2.12. The fraction of sp³-hybridized carbons (Fsp3) is 0.286. The van der Waals surface area contributed by atoms with E-state index < -0.39 is 10.1 Å². The molecule has 3 aromatic rings. The van der Waals surface area contributed by atoms with Gasteiger partial charge in [-0.1, -0.05) is 67.4 Å².